The van der Waals surface area contributed by atoms with Crippen molar-refractivity contribution >= 4 is 34.7 Å². The van der Waals surface area contributed by atoms with E-state index < -0.39 is 0 Å². The van der Waals surface area contributed by atoms with Crippen LogP contribution >= 0.6 is 23.1 Å². The van der Waals surface area contributed by atoms with Crippen molar-refractivity contribution in [1.82, 2.24) is 0 Å². The SMILES string of the molecule is CCCCc1c(C(N)=O)sc2c1C(=NO)CCS2. The number of carbonyl (C=O) groups is 1. The molecule has 4 nitrogen and oxygen atoms in total. The molecule has 0 saturated heterocycles. The van der Waals surface area contributed by atoms with Crippen molar-refractivity contribution in [2.45, 2.75) is 36.8 Å². The number of rotatable bonds is 4. The van der Waals surface area contributed by atoms with E-state index >= 15 is 0 Å². The first-order chi connectivity index (χ1) is 8.69. The quantitative estimate of drug-likeness (QED) is 0.659. The van der Waals surface area contributed by atoms with Crippen molar-refractivity contribution in [1.29, 1.82) is 0 Å². The summed E-state index contributed by atoms with van der Waals surface area (Å²) < 4.78 is 1.06. The summed E-state index contributed by atoms with van der Waals surface area (Å²) in [7, 11) is 0. The van der Waals surface area contributed by atoms with Crippen molar-refractivity contribution in [2.75, 3.05) is 5.75 Å². The highest BCUT2D eigenvalue weighted by atomic mass is 32.2. The summed E-state index contributed by atoms with van der Waals surface area (Å²) in [6, 6.07) is 0. The second-order valence-electron chi connectivity index (χ2n) is 4.19. The van der Waals surface area contributed by atoms with Gasteiger partial charge in [0, 0.05) is 17.7 Å². The van der Waals surface area contributed by atoms with Crippen LogP contribution in [0.5, 0.6) is 0 Å². The molecule has 0 aliphatic carbocycles. The van der Waals surface area contributed by atoms with E-state index in [-0.39, 0.29) is 5.91 Å². The molecule has 0 fully saturated rings. The van der Waals surface area contributed by atoms with Crippen LogP contribution in [0.15, 0.2) is 9.36 Å². The maximum atomic E-state index is 11.5. The smallest absolute Gasteiger partial charge is 0.259 e. The molecule has 0 spiro atoms. The van der Waals surface area contributed by atoms with Gasteiger partial charge in [-0.15, -0.1) is 23.1 Å². The molecule has 0 bridgehead atoms. The van der Waals surface area contributed by atoms with Gasteiger partial charge in [-0.3, -0.25) is 4.79 Å². The van der Waals surface area contributed by atoms with Crippen LogP contribution < -0.4 is 5.73 Å². The molecule has 0 aromatic carbocycles. The summed E-state index contributed by atoms with van der Waals surface area (Å²) in [4.78, 5) is 12.1. The summed E-state index contributed by atoms with van der Waals surface area (Å²) in [5.41, 5.74) is 8.07. The number of thioether (sulfide) groups is 1. The first kappa shape index (κ1) is 13.4. The third-order valence-corrected chi connectivity index (χ3v) is 5.48. The van der Waals surface area contributed by atoms with Gasteiger partial charge in [0.25, 0.3) is 5.91 Å². The van der Waals surface area contributed by atoms with Crippen LogP contribution in [0, 0.1) is 0 Å². The molecule has 3 N–H and O–H groups in total. The molecule has 6 heteroatoms. The van der Waals surface area contributed by atoms with Gasteiger partial charge in [0.15, 0.2) is 0 Å². The summed E-state index contributed by atoms with van der Waals surface area (Å²) in [6.07, 6.45) is 3.62. The molecular formula is C12H16N2O2S2. The predicted molar refractivity (Wildman–Crippen MR) is 75.1 cm³/mol. The highest BCUT2D eigenvalue weighted by molar-refractivity contribution is 8.01. The molecule has 0 saturated carbocycles. The normalized spacial score (nSPS) is 16.8. The monoisotopic (exact) mass is 284 g/mol. The fraction of sp³-hybridized carbons (Fsp3) is 0.500. The van der Waals surface area contributed by atoms with Crippen LogP contribution in [-0.2, 0) is 6.42 Å². The van der Waals surface area contributed by atoms with Crippen LogP contribution in [0.4, 0.5) is 0 Å². The molecule has 0 unspecified atom stereocenters. The average molecular weight is 284 g/mol. The van der Waals surface area contributed by atoms with Gasteiger partial charge in [0.2, 0.25) is 0 Å². The molecule has 1 aromatic heterocycles. The predicted octanol–water partition coefficient (Wildman–Crippen LogP) is 2.86. The van der Waals surface area contributed by atoms with Crippen LogP contribution in [0.1, 0.15) is 47.0 Å². The summed E-state index contributed by atoms with van der Waals surface area (Å²) >= 11 is 3.15. The Morgan fingerprint density at radius 3 is 2.94 bits per heavy atom. The Kier molecular flexibility index (Phi) is 4.29. The number of unbranched alkanes of at least 4 members (excludes halogenated alkanes) is 1. The van der Waals surface area contributed by atoms with Crippen LogP contribution in [0.3, 0.4) is 0 Å². The van der Waals surface area contributed by atoms with E-state index in [9.17, 15) is 4.79 Å². The first-order valence-corrected chi connectivity index (χ1v) is 7.78. The lowest BCUT2D eigenvalue weighted by molar-refractivity contribution is 0.100. The van der Waals surface area contributed by atoms with Gasteiger partial charge in [-0.2, -0.15) is 0 Å². The number of thiophene rings is 1. The van der Waals surface area contributed by atoms with Gasteiger partial charge in [0.1, 0.15) is 0 Å². The maximum Gasteiger partial charge on any atom is 0.259 e. The van der Waals surface area contributed by atoms with E-state index in [1.165, 1.54) is 11.3 Å². The van der Waals surface area contributed by atoms with Crippen LogP contribution in [0.25, 0.3) is 0 Å². The number of carbonyl (C=O) groups excluding carboxylic acids is 1. The molecule has 2 rings (SSSR count). The van der Waals surface area contributed by atoms with E-state index in [0.29, 0.717) is 10.6 Å². The fourth-order valence-electron chi connectivity index (χ4n) is 2.09. The lowest BCUT2D eigenvalue weighted by Gasteiger charge is -2.13. The van der Waals surface area contributed by atoms with E-state index in [1.54, 1.807) is 11.8 Å². The van der Waals surface area contributed by atoms with Crippen molar-refractivity contribution in [3.8, 4) is 0 Å². The average Bonchev–Trinajstić information content (AvgIpc) is 2.75. The Hall–Kier alpha value is -1.01. The van der Waals surface area contributed by atoms with Crippen LogP contribution in [-0.4, -0.2) is 22.6 Å². The van der Waals surface area contributed by atoms with Crippen molar-refractivity contribution in [2.24, 2.45) is 10.9 Å². The Morgan fingerprint density at radius 1 is 1.56 bits per heavy atom. The molecule has 98 valence electrons. The van der Waals surface area contributed by atoms with E-state index in [1.807, 2.05) is 0 Å². The fourth-order valence-corrected chi connectivity index (χ4v) is 4.65. The van der Waals surface area contributed by atoms with Gasteiger partial charge in [-0.1, -0.05) is 18.5 Å². The third kappa shape index (κ3) is 2.40. The molecule has 1 aromatic rings. The highest BCUT2D eigenvalue weighted by Crippen LogP contribution is 2.41. The zero-order valence-corrected chi connectivity index (χ0v) is 11.9. The van der Waals surface area contributed by atoms with E-state index in [0.717, 1.165) is 46.8 Å². The molecule has 1 amide bonds. The molecular weight excluding hydrogens is 268 g/mol. The van der Waals surface area contributed by atoms with Crippen molar-refractivity contribution in [3.05, 3.63) is 16.0 Å². The molecule has 0 radical (unpaired) electrons. The van der Waals surface area contributed by atoms with Gasteiger partial charge in [-0.05, 0) is 18.4 Å². The maximum absolute atomic E-state index is 11.5. The molecule has 0 atom stereocenters. The van der Waals surface area contributed by atoms with E-state index in [4.69, 9.17) is 10.9 Å². The molecule has 18 heavy (non-hydrogen) atoms. The number of nitrogens with two attached hydrogens (primary N) is 1. The highest BCUT2D eigenvalue weighted by Gasteiger charge is 2.27. The second-order valence-corrected chi connectivity index (χ2v) is 6.57. The van der Waals surface area contributed by atoms with Gasteiger partial charge in [0.05, 0.1) is 14.8 Å². The lowest BCUT2D eigenvalue weighted by atomic mass is 9.99. The number of hydrogen-bond acceptors (Lipinski definition) is 5. The topological polar surface area (TPSA) is 75.7 Å². The largest absolute Gasteiger partial charge is 0.411 e. The zero-order chi connectivity index (χ0) is 13.1. The summed E-state index contributed by atoms with van der Waals surface area (Å²) in [6.45, 7) is 2.11. The number of primary amides is 1. The second kappa shape index (κ2) is 5.75. The van der Waals surface area contributed by atoms with Gasteiger partial charge in [-0.25, -0.2) is 0 Å². The molecule has 1 aliphatic rings. The third-order valence-electron chi connectivity index (χ3n) is 2.96. The Morgan fingerprint density at radius 2 is 2.33 bits per heavy atom. The molecule has 1 aliphatic heterocycles. The first-order valence-electron chi connectivity index (χ1n) is 5.98. The minimum atomic E-state index is -0.376. The Labute approximate surface area is 114 Å². The minimum absolute atomic E-state index is 0.376. The lowest BCUT2D eigenvalue weighted by Crippen LogP contribution is -2.14. The van der Waals surface area contributed by atoms with Crippen molar-refractivity contribution < 1.29 is 10.0 Å². The zero-order valence-electron chi connectivity index (χ0n) is 10.2. The van der Waals surface area contributed by atoms with Gasteiger partial charge < -0.3 is 10.9 Å². The summed E-state index contributed by atoms with van der Waals surface area (Å²) in [5, 5.41) is 12.5. The van der Waals surface area contributed by atoms with Gasteiger partial charge >= 0.3 is 0 Å². The van der Waals surface area contributed by atoms with Crippen LogP contribution in [0.2, 0.25) is 0 Å². The number of nitrogens with zero attached hydrogens (tertiary/aromatic N) is 1. The minimum Gasteiger partial charge on any atom is -0.411 e. The van der Waals surface area contributed by atoms with E-state index in [2.05, 4.69) is 12.1 Å². The summed E-state index contributed by atoms with van der Waals surface area (Å²) in [5.74, 6) is 0.511. The molecule has 2 heterocycles. The Bertz CT molecular complexity index is 495. The number of oxime groups is 1. The number of fused-ring (bicyclic) bond motifs is 1. The number of amides is 1. The Balaban J connectivity index is 2.51. The van der Waals surface area contributed by atoms with Crippen molar-refractivity contribution in [3.63, 3.8) is 0 Å². The number of hydrogen-bond donors (Lipinski definition) is 2. The standard InChI is InChI=1S/C12H16N2O2S2/c1-2-3-4-7-9-8(14-16)5-6-17-12(9)18-10(7)11(13)15/h16H,2-6H2,1H3,(H2,13,15).